The summed E-state index contributed by atoms with van der Waals surface area (Å²) in [5.74, 6) is -1.81. The summed E-state index contributed by atoms with van der Waals surface area (Å²) in [5, 5.41) is 2.85. The van der Waals surface area contributed by atoms with E-state index in [2.05, 4.69) is 11.4 Å². The maximum atomic E-state index is 13.1. The predicted molar refractivity (Wildman–Crippen MR) is 69.4 cm³/mol. The van der Waals surface area contributed by atoms with E-state index in [1.165, 1.54) is 6.07 Å². The molecule has 2 nitrogen and oxygen atoms in total. The molecule has 0 spiro atoms. The number of rotatable bonds is 3. The Morgan fingerprint density at radius 3 is 2.74 bits per heavy atom. The third-order valence-electron chi connectivity index (χ3n) is 3.44. The molecule has 0 saturated carbocycles. The van der Waals surface area contributed by atoms with Crippen molar-refractivity contribution in [2.45, 2.75) is 32.2 Å². The van der Waals surface area contributed by atoms with Gasteiger partial charge in [0.25, 0.3) is 0 Å². The molecule has 1 N–H and O–H groups in total. The van der Waals surface area contributed by atoms with Crippen molar-refractivity contribution in [3.63, 3.8) is 0 Å². The van der Waals surface area contributed by atoms with Gasteiger partial charge in [0.05, 0.1) is 6.04 Å². The second-order valence-electron chi connectivity index (χ2n) is 4.89. The van der Waals surface area contributed by atoms with E-state index in [0.717, 1.165) is 31.4 Å². The van der Waals surface area contributed by atoms with Crippen molar-refractivity contribution in [2.75, 3.05) is 0 Å². The number of allylic oxidation sites excluding steroid dienone is 2. The predicted octanol–water partition coefficient (Wildman–Crippen LogP) is 3.50. The van der Waals surface area contributed by atoms with E-state index >= 15 is 0 Å². The van der Waals surface area contributed by atoms with E-state index in [1.807, 2.05) is 6.08 Å². The van der Waals surface area contributed by atoms with Crippen molar-refractivity contribution in [3.05, 3.63) is 47.5 Å². The van der Waals surface area contributed by atoms with Crippen LogP contribution in [0.2, 0.25) is 0 Å². The minimum atomic E-state index is -0.890. The van der Waals surface area contributed by atoms with Crippen LogP contribution < -0.4 is 5.32 Å². The molecule has 1 aromatic rings. The van der Waals surface area contributed by atoms with Crippen LogP contribution >= 0.6 is 0 Å². The fourth-order valence-corrected chi connectivity index (χ4v) is 2.23. The lowest BCUT2D eigenvalue weighted by atomic mass is 9.93. The summed E-state index contributed by atoms with van der Waals surface area (Å²) in [6.45, 7) is 1.77. The van der Waals surface area contributed by atoms with E-state index in [9.17, 15) is 13.6 Å². The Balaban J connectivity index is 1.99. The molecule has 0 aliphatic heterocycles. The minimum absolute atomic E-state index is 0.0160. The average Bonchev–Trinajstić information content (AvgIpc) is 2.42. The van der Waals surface area contributed by atoms with Gasteiger partial charge in [0.2, 0.25) is 5.91 Å². The maximum absolute atomic E-state index is 13.1. The van der Waals surface area contributed by atoms with Gasteiger partial charge in [-0.05, 0) is 43.9 Å². The lowest BCUT2D eigenvalue weighted by Gasteiger charge is -2.21. The zero-order valence-corrected chi connectivity index (χ0v) is 10.8. The Hall–Kier alpha value is -1.71. The molecule has 1 aliphatic rings. The number of carbonyl (C=O) groups is 1. The summed E-state index contributed by atoms with van der Waals surface area (Å²) in [7, 11) is 0. The topological polar surface area (TPSA) is 29.1 Å². The smallest absolute Gasteiger partial charge is 0.223 e. The van der Waals surface area contributed by atoms with Crippen LogP contribution in [0.4, 0.5) is 8.78 Å². The standard InChI is InChI=1S/C15H17F2NO/c1-10(12-7-8-13(16)14(17)9-12)18-15(19)11-5-3-2-4-6-11/h2-3,7-11H,4-6H2,1H3,(H,18,19)/t10-,11-/m0/s1. The van der Waals surface area contributed by atoms with E-state index < -0.39 is 11.6 Å². The zero-order chi connectivity index (χ0) is 13.8. The van der Waals surface area contributed by atoms with Crippen LogP contribution in [0.5, 0.6) is 0 Å². The Morgan fingerprint density at radius 2 is 2.11 bits per heavy atom. The second kappa shape index (κ2) is 5.95. The van der Waals surface area contributed by atoms with E-state index in [1.54, 1.807) is 6.92 Å². The Labute approximate surface area is 111 Å². The van der Waals surface area contributed by atoms with Crippen LogP contribution in [-0.4, -0.2) is 5.91 Å². The highest BCUT2D eigenvalue weighted by Crippen LogP contribution is 2.21. The van der Waals surface area contributed by atoms with Gasteiger partial charge in [0.1, 0.15) is 0 Å². The van der Waals surface area contributed by atoms with Crippen LogP contribution in [0.1, 0.15) is 37.8 Å². The number of amides is 1. The molecule has 2 rings (SSSR count). The van der Waals surface area contributed by atoms with Crippen LogP contribution in [0.25, 0.3) is 0 Å². The first-order valence-corrected chi connectivity index (χ1v) is 6.48. The van der Waals surface area contributed by atoms with Crippen molar-refractivity contribution < 1.29 is 13.6 Å². The van der Waals surface area contributed by atoms with Gasteiger partial charge in [-0.3, -0.25) is 4.79 Å². The monoisotopic (exact) mass is 265 g/mol. The first kappa shape index (κ1) is 13.7. The molecule has 0 saturated heterocycles. The van der Waals surface area contributed by atoms with Gasteiger partial charge in [0, 0.05) is 5.92 Å². The normalized spacial score (nSPS) is 20.1. The first-order chi connectivity index (χ1) is 9.08. The molecule has 19 heavy (non-hydrogen) atoms. The minimum Gasteiger partial charge on any atom is -0.349 e. The molecular weight excluding hydrogens is 248 g/mol. The largest absolute Gasteiger partial charge is 0.349 e. The third kappa shape index (κ3) is 3.40. The van der Waals surface area contributed by atoms with Crippen molar-refractivity contribution in [1.82, 2.24) is 5.32 Å². The molecule has 1 amide bonds. The Bertz CT molecular complexity index is 499. The van der Waals surface area contributed by atoms with Crippen LogP contribution in [-0.2, 0) is 4.79 Å². The summed E-state index contributed by atoms with van der Waals surface area (Å²) in [5.41, 5.74) is 0.568. The number of hydrogen-bond acceptors (Lipinski definition) is 1. The molecule has 2 atom stereocenters. The van der Waals surface area contributed by atoms with Gasteiger partial charge < -0.3 is 5.32 Å². The number of carbonyl (C=O) groups excluding carboxylic acids is 1. The molecule has 1 aliphatic carbocycles. The van der Waals surface area contributed by atoms with E-state index in [4.69, 9.17) is 0 Å². The molecule has 0 heterocycles. The van der Waals surface area contributed by atoms with E-state index in [0.29, 0.717) is 5.56 Å². The fraction of sp³-hybridized carbons (Fsp3) is 0.400. The molecule has 0 unspecified atom stereocenters. The molecular formula is C15H17F2NO. The van der Waals surface area contributed by atoms with Crippen LogP contribution in [0, 0.1) is 17.6 Å². The molecule has 0 bridgehead atoms. The van der Waals surface area contributed by atoms with Gasteiger partial charge in [-0.15, -0.1) is 0 Å². The van der Waals surface area contributed by atoms with Crippen molar-refractivity contribution in [3.8, 4) is 0 Å². The second-order valence-corrected chi connectivity index (χ2v) is 4.89. The highest BCUT2D eigenvalue weighted by Gasteiger charge is 2.20. The Morgan fingerprint density at radius 1 is 1.32 bits per heavy atom. The summed E-state index contributed by atoms with van der Waals surface area (Å²) >= 11 is 0. The molecule has 0 aromatic heterocycles. The molecule has 0 fully saturated rings. The van der Waals surface area contributed by atoms with Crippen LogP contribution in [0.15, 0.2) is 30.4 Å². The number of hydrogen-bond donors (Lipinski definition) is 1. The summed E-state index contributed by atoms with van der Waals surface area (Å²) < 4.78 is 26.0. The highest BCUT2D eigenvalue weighted by atomic mass is 19.2. The van der Waals surface area contributed by atoms with Gasteiger partial charge in [-0.1, -0.05) is 18.2 Å². The molecule has 1 aromatic carbocycles. The molecule has 4 heteroatoms. The lowest BCUT2D eigenvalue weighted by molar-refractivity contribution is -0.125. The van der Waals surface area contributed by atoms with E-state index in [-0.39, 0.29) is 17.9 Å². The van der Waals surface area contributed by atoms with Crippen molar-refractivity contribution in [1.29, 1.82) is 0 Å². The van der Waals surface area contributed by atoms with Gasteiger partial charge in [-0.2, -0.15) is 0 Å². The number of halogens is 2. The lowest BCUT2D eigenvalue weighted by Crippen LogP contribution is -2.33. The Kier molecular flexibility index (Phi) is 4.30. The van der Waals surface area contributed by atoms with Gasteiger partial charge >= 0.3 is 0 Å². The first-order valence-electron chi connectivity index (χ1n) is 6.48. The van der Waals surface area contributed by atoms with Gasteiger partial charge in [-0.25, -0.2) is 8.78 Å². The van der Waals surface area contributed by atoms with Crippen molar-refractivity contribution >= 4 is 5.91 Å². The number of nitrogens with one attached hydrogen (secondary N) is 1. The summed E-state index contributed by atoms with van der Waals surface area (Å²) in [6, 6.07) is 3.37. The van der Waals surface area contributed by atoms with Crippen molar-refractivity contribution in [2.24, 2.45) is 5.92 Å². The number of benzene rings is 1. The third-order valence-corrected chi connectivity index (χ3v) is 3.44. The van der Waals surface area contributed by atoms with Gasteiger partial charge in [0.15, 0.2) is 11.6 Å². The molecule has 0 radical (unpaired) electrons. The maximum Gasteiger partial charge on any atom is 0.223 e. The summed E-state index contributed by atoms with van der Waals surface area (Å²) in [4.78, 5) is 12.0. The van der Waals surface area contributed by atoms with Crippen LogP contribution in [0.3, 0.4) is 0 Å². The highest BCUT2D eigenvalue weighted by molar-refractivity contribution is 5.79. The summed E-state index contributed by atoms with van der Waals surface area (Å²) in [6.07, 6.45) is 6.58. The molecule has 102 valence electrons. The average molecular weight is 265 g/mol. The SMILES string of the molecule is C[C@H](NC(=O)[C@H]1CC=CCC1)c1ccc(F)c(F)c1. The fourth-order valence-electron chi connectivity index (χ4n) is 2.23. The quantitative estimate of drug-likeness (QED) is 0.833. The zero-order valence-electron chi connectivity index (χ0n) is 10.8.